The molecule has 3 rings (SSSR count). The van der Waals surface area contributed by atoms with Gasteiger partial charge in [0.05, 0.1) is 0 Å². The summed E-state index contributed by atoms with van der Waals surface area (Å²) in [7, 11) is 1.25. The zero-order chi connectivity index (χ0) is 21.1. The first kappa shape index (κ1) is 20.3. The summed E-state index contributed by atoms with van der Waals surface area (Å²) >= 11 is 1.36. The first-order valence-electron chi connectivity index (χ1n) is 8.36. The monoisotopic (exact) mass is 419 g/mol. The second kappa shape index (κ2) is 8.31. The number of amides is 3. The average molecular weight is 419 g/mol. The summed E-state index contributed by atoms with van der Waals surface area (Å²) in [6.07, 6.45) is 0.441. The molecule has 2 aliphatic heterocycles. The fraction of sp³-hybridized carbons (Fsp3) is 0.294. The minimum atomic E-state index is -1.18. The van der Waals surface area contributed by atoms with E-state index in [2.05, 4.69) is 20.8 Å². The second-order valence-electron chi connectivity index (χ2n) is 6.09. The van der Waals surface area contributed by atoms with Gasteiger partial charge < -0.3 is 20.6 Å². The smallest absolute Gasteiger partial charge is 0.352 e. The standard InChI is InChI=1S/C17H17N5O6S/c1-8-6-29-16-12(15(25)22(16)13(8)17(26)27)20-14(24)11(21-28-2)9-4-3-5-10(19-9)18-7-23/h3-5,7,12,16H,6H2,1-2H3,(H,20,24)(H,26,27)(H,18,19,23)/b21-11-/t12?,16-/m1/s1. The molecule has 2 aliphatic rings. The Morgan fingerprint density at radius 1 is 1.45 bits per heavy atom. The van der Waals surface area contributed by atoms with E-state index in [1.54, 1.807) is 13.0 Å². The molecule has 1 aromatic rings. The Bertz CT molecular complexity index is 946. The van der Waals surface area contributed by atoms with Crippen molar-refractivity contribution in [3.8, 4) is 0 Å². The highest BCUT2D eigenvalue weighted by molar-refractivity contribution is 8.00. The molecule has 1 fully saturated rings. The molecule has 0 aliphatic carbocycles. The van der Waals surface area contributed by atoms with Crippen molar-refractivity contribution in [2.75, 3.05) is 18.2 Å². The lowest BCUT2D eigenvalue weighted by Gasteiger charge is -2.49. The number of hydrogen-bond donors (Lipinski definition) is 3. The predicted octanol–water partition coefficient (Wildman–Crippen LogP) is -0.241. The molecule has 11 nitrogen and oxygen atoms in total. The third-order valence-corrected chi connectivity index (χ3v) is 5.67. The molecule has 0 saturated carbocycles. The van der Waals surface area contributed by atoms with Crippen LogP contribution in [0.15, 0.2) is 34.6 Å². The molecule has 12 heteroatoms. The van der Waals surface area contributed by atoms with Gasteiger partial charge in [-0.25, -0.2) is 9.78 Å². The fourth-order valence-electron chi connectivity index (χ4n) is 2.99. The van der Waals surface area contributed by atoms with Gasteiger partial charge in [-0.1, -0.05) is 11.2 Å². The zero-order valence-electron chi connectivity index (χ0n) is 15.4. The van der Waals surface area contributed by atoms with Gasteiger partial charge in [-0.05, 0) is 24.6 Å². The molecule has 0 radical (unpaired) electrons. The van der Waals surface area contributed by atoms with Crippen LogP contribution in [-0.2, 0) is 24.0 Å². The molecule has 0 aromatic carbocycles. The Hall–Kier alpha value is -3.41. The van der Waals surface area contributed by atoms with Gasteiger partial charge in [0, 0.05) is 5.75 Å². The lowest BCUT2D eigenvalue weighted by atomic mass is 10.0. The summed E-state index contributed by atoms with van der Waals surface area (Å²) in [4.78, 5) is 57.3. The number of carboxylic acid groups (broad SMARTS) is 1. The summed E-state index contributed by atoms with van der Waals surface area (Å²) in [5, 5.41) is 17.5. The summed E-state index contributed by atoms with van der Waals surface area (Å²) in [6.45, 7) is 1.65. The average Bonchev–Trinajstić information content (AvgIpc) is 2.70. The highest BCUT2D eigenvalue weighted by atomic mass is 32.2. The molecular weight excluding hydrogens is 402 g/mol. The van der Waals surface area contributed by atoms with Crippen molar-refractivity contribution in [1.82, 2.24) is 15.2 Å². The lowest BCUT2D eigenvalue weighted by molar-refractivity contribution is -0.150. The first-order valence-corrected chi connectivity index (χ1v) is 9.41. The van der Waals surface area contributed by atoms with Crippen LogP contribution in [0.2, 0.25) is 0 Å². The Labute approximate surface area is 169 Å². The molecule has 1 unspecified atom stereocenters. The van der Waals surface area contributed by atoms with Gasteiger partial charge >= 0.3 is 5.97 Å². The third kappa shape index (κ3) is 3.78. The lowest BCUT2D eigenvalue weighted by Crippen LogP contribution is -2.71. The summed E-state index contributed by atoms with van der Waals surface area (Å²) < 4.78 is 0. The van der Waals surface area contributed by atoms with E-state index in [-0.39, 0.29) is 22.9 Å². The summed E-state index contributed by atoms with van der Waals surface area (Å²) in [6, 6.07) is 3.67. The van der Waals surface area contributed by atoms with E-state index in [1.165, 1.54) is 35.9 Å². The number of carboxylic acids is 1. The number of aromatic nitrogens is 1. The number of anilines is 1. The van der Waals surface area contributed by atoms with Crippen LogP contribution in [0.3, 0.4) is 0 Å². The second-order valence-corrected chi connectivity index (χ2v) is 7.19. The number of pyridine rings is 1. The molecule has 3 N–H and O–H groups in total. The first-order chi connectivity index (χ1) is 13.9. The van der Waals surface area contributed by atoms with Gasteiger partial charge in [-0.15, -0.1) is 11.8 Å². The third-order valence-electron chi connectivity index (χ3n) is 4.24. The van der Waals surface area contributed by atoms with E-state index < -0.39 is 29.2 Å². The van der Waals surface area contributed by atoms with Crippen molar-refractivity contribution in [2.45, 2.75) is 18.3 Å². The predicted molar refractivity (Wildman–Crippen MR) is 103 cm³/mol. The van der Waals surface area contributed by atoms with Crippen LogP contribution in [0.5, 0.6) is 0 Å². The number of fused-ring (bicyclic) bond motifs is 1. The van der Waals surface area contributed by atoms with Gasteiger partial charge in [0.2, 0.25) is 6.41 Å². The zero-order valence-corrected chi connectivity index (χ0v) is 16.2. The largest absolute Gasteiger partial charge is 0.477 e. The van der Waals surface area contributed by atoms with Gasteiger partial charge in [-0.3, -0.25) is 19.3 Å². The molecule has 1 aromatic heterocycles. The normalized spacial score (nSPS) is 21.1. The Kier molecular flexibility index (Phi) is 5.82. The number of hydrogen-bond acceptors (Lipinski definition) is 8. The van der Waals surface area contributed by atoms with Crippen LogP contribution >= 0.6 is 11.8 Å². The van der Waals surface area contributed by atoms with Crippen LogP contribution in [0.4, 0.5) is 5.82 Å². The van der Waals surface area contributed by atoms with Gasteiger partial charge in [-0.2, -0.15) is 0 Å². The van der Waals surface area contributed by atoms with Crippen molar-refractivity contribution in [3.63, 3.8) is 0 Å². The maximum Gasteiger partial charge on any atom is 0.352 e. The Balaban J connectivity index is 1.80. The maximum atomic E-state index is 12.7. The van der Waals surface area contributed by atoms with E-state index >= 15 is 0 Å². The SMILES string of the molecule is CO/N=C(\C(=O)NC1C(=O)N2C(C(=O)O)=C(C)CS[C@H]12)c1cccc(NC=O)n1. The van der Waals surface area contributed by atoms with Crippen LogP contribution in [0.1, 0.15) is 12.6 Å². The van der Waals surface area contributed by atoms with Crippen LogP contribution in [0.25, 0.3) is 0 Å². The number of aliphatic carboxylic acids is 1. The minimum Gasteiger partial charge on any atom is -0.477 e. The molecule has 2 atom stereocenters. The van der Waals surface area contributed by atoms with Crippen molar-refractivity contribution >= 4 is 47.5 Å². The number of carbonyl (C=O) groups is 4. The van der Waals surface area contributed by atoms with E-state index in [0.717, 1.165) is 0 Å². The number of rotatable bonds is 7. The highest BCUT2D eigenvalue weighted by Crippen LogP contribution is 2.40. The molecular formula is C17H17N5O6S. The Morgan fingerprint density at radius 2 is 2.21 bits per heavy atom. The van der Waals surface area contributed by atoms with Crippen molar-refractivity contribution < 1.29 is 29.1 Å². The molecule has 0 bridgehead atoms. The fourth-order valence-corrected chi connectivity index (χ4v) is 4.28. The highest BCUT2D eigenvalue weighted by Gasteiger charge is 2.54. The van der Waals surface area contributed by atoms with Gasteiger partial charge in [0.25, 0.3) is 11.8 Å². The number of nitrogens with zero attached hydrogens (tertiary/aromatic N) is 3. The molecule has 3 heterocycles. The molecule has 1 saturated heterocycles. The maximum absolute atomic E-state index is 12.7. The topological polar surface area (TPSA) is 150 Å². The number of β-lactam (4-membered cyclic amide) rings is 1. The van der Waals surface area contributed by atoms with E-state index in [9.17, 15) is 24.3 Å². The van der Waals surface area contributed by atoms with E-state index in [0.29, 0.717) is 17.7 Å². The van der Waals surface area contributed by atoms with Crippen molar-refractivity contribution in [3.05, 3.63) is 35.2 Å². The molecule has 152 valence electrons. The quantitative estimate of drug-likeness (QED) is 0.237. The van der Waals surface area contributed by atoms with Gasteiger partial charge in [0.1, 0.15) is 35.7 Å². The van der Waals surface area contributed by atoms with E-state index in [1.807, 2.05) is 0 Å². The number of nitrogens with one attached hydrogen (secondary N) is 2. The molecule has 0 spiro atoms. The number of oxime groups is 1. The van der Waals surface area contributed by atoms with Crippen LogP contribution < -0.4 is 10.6 Å². The van der Waals surface area contributed by atoms with E-state index in [4.69, 9.17) is 4.84 Å². The summed E-state index contributed by atoms with van der Waals surface area (Å²) in [5.74, 6) is -1.79. The van der Waals surface area contributed by atoms with Gasteiger partial charge in [0.15, 0.2) is 5.71 Å². The number of thioether (sulfide) groups is 1. The van der Waals surface area contributed by atoms with Crippen molar-refractivity contribution in [1.29, 1.82) is 0 Å². The number of carbonyl (C=O) groups excluding carboxylic acids is 3. The van der Waals surface area contributed by atoms with Crippen LogP contribution in [-0.4, -0.2) is 69.2 Å². The minimum absolute atomic E-state index is 0.0515. The van der Waals surface area contributed by atoms with Crippen LogP contribution in [0, 0.1) is 0 Å². The molecule has 3 amide bonds. The molecule has 29 heavy (non-hydrogen) atoms. The Morgan fingerprint density at radius 3 is 2.86 bits per heavy atom. The van der Waals surface area contributed by atoms with Crippen molar-refractivity contribution in [2.24, 2.45) is 5.16 Å². The summed E-state index contributed by atoms with van der Waals surface area (Å²) in [5.41, 5.74) is 0.462.